The van der Waals surface area contributed by atoms with Crippen molar-refractivity contribution in [3.05, 3.63) is 35.9 Å². The molecular weight excluding hydrogens is 349 g/mol. The number of halogens is 1. The Morgan fingerprint density at radius 1 is 1.12 bits per heavy atom. The largest absolute Gasteiger partial charge is 0.293 e. The van der Waals surface area contributed by atoms with E-state index in [9.17, 15) is 12.8 Å². The molecule has 2 aromatic rings. The van der Waals surface area contributed by atoms with Crippen molar-refractivity contribution in [2.24, 2.45) is 0 Å². The lowest BCUT2D eigenvalue weighted by Crippen LogP contribution is -2.51. The second kappa shape index (κ2) is 7.12. The van der Waals surface area contributed by atoms with Crippen LogP contribution in [0.15, 0.2) is 24.3 Å². The van der Waals surface area contributed by atoms with Gasteiger partial charge in [-0.25, -0.2) is 4.39 Å². The van der Waals surface area contributed by atoms with E-state index in [0.717, 1.165) is 0 Å². The summed E-state index contributed by atoms with van der Waals surface area (Å²) >= 11 is 0. The number of benzene rings is 1. The van der Waals surface area contributed by atoms with Crippen molar-refractivity contribution in [1.29, 1.82) is 0 Å². The summed E-state index contributed by atoms with van der Waals surface area (Å²) in [6, 6.07) is 5.92. The van der Waals surface area contributed by atoms with Gasteiger partial charge in [-0.3, -0.25) is 4.90 Å². The molecule has 1 aromatic carbocycles. The van der Waals surface area contributed by atoms with Crippen LogP contribution in [-0.4, -0.2) is 82.4 Å². The highest BCUT2D eigenvalue weighted by Gasteiger charge is 2.29. The minimum atomic E-state index is -3.38. The first-order valence-corrected chi connectivity index (χ1v) is 9.21. The van der Waals surface area contributed by atoms with Gasteiger partial charge in [0, 0.05) is 40.3 Å². The monoisotopic (exact) mass is 369 g/mol. The topological polar surface area (TPSA) is 87.5 Å². The maximum absolute atomic E-state index is 13.1. The van der Waals surface area contributed by atoms with Gasteiger partial charge in [0.1, 0.15) is 5.82 Å². The molecule has 0 bridgehead atoms. The van der Waals surface area contributed by atoms with Crippen molar-refractivity contribution >= 4 is 10.2 Å². The Bertz CT molecular complexity index is 814. The van der Waals surface area contributed by atoms with Crippen LogP contribution in [0.1, 0.15) is 5.82 Å². The number of hydrogen-bond donors (Lipinski definition) is 0. The van der Waals surface area contributed by atoms with Gasteiger partial charge in [-0.1, -0.05) is 0 Å². The zero-order chi connectivity index (χ0) is 18.0. The third-order valence-electron chi connectivity index (χ3n) is 4.09. The summed E-state index contributed by atoms with van der Waals surface area (Å²) < 4.78 is 41.6. The van der Waals surface area contributed by atoms with E-state index in [1.165, 1.54) is 34.8 Å². The van der Waals surface area contributed by atoms with Gasteiger partial charge in [-0.2, -0.15) is 21.7 Å². The van der Waals surface area contributed by atoms with Crippen LogP contribution < -0.4 is 0 Å². The van der Waals surface area contributed by atoms with Gasteiger partial charge in [-0.15, -0.1) is 5.10 Å². The number of rotatable bonds is 5. The van der Waals surface area contributed by atoms with Crippen molar-refractivity contribution < 1.29 is 12.8 Å². The van der Waals surface area contributed by atoms with Crippen molar-refractivity contribution in [3.63, 3.8) is 0 Å². The first-order valence-electron chi connectivity index (χ1n) is 7.81. The van der Waals surface area contributed by atoms with E-state index in [1.54, 1.807) is 16.8 Å². The molecule has 0 atom stereocenters. The summed E-state index contributed by atoms with van der Waals surface area (Å²) in [5.41, 5.74) is 0.676. The molecule has 0 amide bonds. The van der Waals surface area contributed by atoms with Crippen molar-refractivity contribution in [2.75, 3.05) is 40.3 Å². The molecule has 0 spiro atoms. The fourth-order valence-corrected chi connectivity index (χ4v) is 3.72. The second-order valence-electron chi connectivity index (χ2n) is 5.95. The maximum Gasteiger partial charge on any atom is 0.281 e. The van der Waals surface area contributed by atoms with E-state index < -0.39 is 10.2 Å². The fraction of sp³-hybridized carbons (Fsp3) is 0.500. The van der Waals surface area contributed by atoms with Gasteiger partial charge in [0.2, 0.25) is 0 Å². The predicted octanol–water partition coefficient (Wildman–Crippen LogP) is -0.275. The summed E-state index contributed by atoms with van der Waals surface area (Å²) in [7, 11) is -0.329. The average molecular weight is 369 g/mol. The molecule has 1 aliphatic rings. The number of aromatic nitrogens is 4. The van der Waals surface area contributed by atoms with E-state index in [-0.39, 0.29) is 5.82 Å². The Morgan fingerprint density at radius 3 is 2.36 bits per heavy atom. The summed E-state index contributed by atoms with van der Waals surface area (Å²) in [5.74, 6) is 0.298. The van der Waals surface area contributed by atoms with Crippen molar-refractivity contribution in [2.45, 2.75) is 6.54 Å². The minimum absolute atomic E-state index is 0.323. The van der Waals surface area contributed by atoms with Crippen LogP contribution in [0.3, 0.4) is 0 Å². The first kappa shape index (κ1) is 17.9. The van der Waals surface area contributed by atoms with Gasteiger partial charge in [0.15, 0.2) is 5.82 Å². The van der Waals surface area contributed by atoms with Crippen LogP contribution in [0.25, 0.3) is 5.69 Å². The quantitative estimate of drug-likeness (QED) is 0.721. The predicted molar refractivity (Wildman–Crippen MR) is 88.6 cm³/mol. The van der Waals surface area contributed by atoms with Crippen molar-refractivity contribution in [1.82, 2.24) is 33.7 Å². The molecule has 0 radical (unpaired) electrons. The second-order valence-corrected chi connectivity index (χ2v) is 8.09. The summed E-state index contributed by atoms with van der Waals surface area (Å²) in [6.45, 7) is 2.49. The van der Waals surface area contributed by atoms with Crippen LogP contribution in [0, 0.1) is 5.82 Å². The Labute approximate surface area is 145 Å². The zero-order valence-electron chi connectivity index (χ0n) is 14.1. The normalized spacial score (nSPS) is 17.3. The highest BCUT2D eigenvalue weighted by atomic mass is 32.2. The Balaban J connectivity index is 1.66. The molecule has 2 heterocycles. The lowest BCUT2D eigenvalue weighted by Gasteiger charge is -2.34. The first-order chi connectivity index (χ1) is 11.9. The van der Waals surface area contributed by atoms with E-state index in [2.05, 4.69) is 20.4 Å². The molecule has 25 heavy (non-hydrogen) atoms. The van der Waals surface area contributed by atoms with Crippen LogP contribution in [-0.2, 0) is 16.8 Å². The highest BCUT2D eigenvalue weighted by molar-refractivity contribution is 7.86. The number of hydrogen-bond acceptors (Lipinski definition) is 6. The summed E-state index contributed by atoms with van der Waals surface area (Å²) in [5, 5.41) is 11.7. The van der Waals surface area contributed by atoms with E-state index in [0.29, 0.717) is 44.2 Å². The Kier molecular flexibility index (Phi) is 5.08. The van der Waals surface area contributed by atoms with E-state index in [4.69, 9.17) is 0 Å². The lowest BCUT2D eigenvalue weighted by molar-refractivity contribution is 0.173. The SMILES string of the molecule is CN(C)S(=O)(=O)N1CCN(Cc2nnnn2-c2ccc(F)cc2)CC1. The molecule has 11 heteroatoms. The number of tetrazole rings is 1. The molecule has 1 saturated heterocycles. The standard InChI is InChI=1S/C14H20FN7O2S/c1-19(2)25(23,24)21-9-7-20(8-10-21)11-14-16-17-18-22(14)13-5-3-12(15)4-6-13/h3-6H,7-11H2,1-2H3. The smallest absolute Gasteiger partial charge is 0.281 e. The minimum Gasteiger partial charge on any atom is -0.293 e. The van der Waals surface area contributed by atoms with Gasteiger partial charge < -0.3 is 0 Å². The summed E-state index contributed by atoms with van der Waals surface area (Å²) in [6.07, 6.45) is 0. The average Bonchev–Trinajstić information content (AvgIpc) is 3.04. The highest BCUT2D eigenvalue weighted by Crippen LogP contribution is 2.14. The van der Waals surface area contributed by atoms with E-state index >= 15 is 0 Å². The van der Waals surface area contributed by atoms with Crippen LogP contribution >= 0.6 is 0 Å². The van der Waals surface area contributed by atoms with E-state index in [1.807, 2.05) is 0 Å². The molecule has 9 nitrogen and oxygen atoms in total. The van der Waals surface area contributed by atoms with Crippen LogP contribution in [0.5, 0.6) is 0 Å². The third kappa shape index (κ3) is 3.84. The molecular formula is C14H20FN7O2S. The molecule has 1 fully saturated rings. The number of nitrogens with zero attached hydrogens (tertiary/aromatic N) is 7. The number of piperazine rings is 1. The van der Waals surface area contributed by atoms with Gasteiger partial charge in [-0.05, 0) is 34.7 Å². The molecule has 0 N–H and O–H groups in total. The van der Waals surface area contributed by atoms with Crippen molar-refractivity contribution in [3.8, 4) is 5.69 Å². The molecule has 1 aliphatic heterocycles. The molecule has 0 aliphatic carbocycles. The van der Waals surface area contributed by atoms with Gasteiger partial charge in [0.25, 0.3) is 10.2 Å². The fourth-order valence-electron chi connectivity index (χ4n) is 2.64. The van der Waals surface area contributed by atoms with Crippen LogP contribution in [0.4, 0.5) is 4.39 Å². The zero-order valence-corrected chi connectivity index (χ0v) is 14.9. The Hall–Kier alpha value is -1.95. The molecule has 1 aromatic heterocycles. The molecule has 0 unspecified atom stereocenters. The molecule has 3 rings (SSSR count). The third-order valence-corrected chi connectivity index (χ3v) is 6.03. The molecule has 0 saturated carbocycles. The lowest BCUT2D eigenvalue weighted by atomic mass is 10.3. The van der Waals surface area contributed by atoms with Gasteiger partial charge >= 0.3 is 0 Å². The molecule has 136 valence electrons. The Morgan fingerprint density at radius 2 is 1.76 bits per heavy atom. The van der Waals surface area contributed by atoms with Crippen LogP contribution in [0.2, 0.25) is 0 Å². The summed E-state index contributed by atoms with van der Waals surface area (Å²) in [4.78, 5) is 2.09. The van der Waals surface area contributed by atoms with Gasteiger partial charge in [0.05, 0.1) is 12.2 Å². The maximum atomic E-state index is 13.1.